The number of hydrogen-bond donors (Lipinski definition) is 1. The predicted octanol–water partition coefficient (Wildman–Crippen LogP) is 2.36. The standard InChI is InChI=1S/C28H32N6O4/c35-25-13-17-38-18-16-33(25)19-23-20-34(31-30-23)24-11-14-32(15-12-24)28(37)26(21-7-3-1-4-8-21)29-27(36)22-9-5-2-6-10-22/h1-10,20,24,26H,11-19H2,(H,29,36). The predicted molar refractivity (Wildman–Crippen MR) is 139 cm³/mol. The van der Waals surface area contributed by atoms with E-state index in [0.717, 1.165) is 24.1 Å². The molecule has 0 spiro atoms. The zero-order chi connectivity index (χ0) is 26.3. The van der Waals surface area contributed by atoms with Crippen LogP contribution in [0.15, 0.2) is 66.9 Å². The van der Waals surface area contributed by atoms with E-state index in [-0.39, 0.29) is 23.8 Å². The van der Waals surface area contributed by atoms with Crippen molar-refractivity contribution >= 4 is 17.7 Å². The minimum absolute atomic E-state index is 0.0659. The molecule has 198 valence electrons. The van der Waals surface area contributed by atoms with Gasteiger partial charge in [0.15, 0.2) is 0 Å². The summed E-state index contributed by atoms with van der Waals surface area (Å²) in [5.74, 6) is -0.344. The normalized spacial score (nSPS) is 17.6. The summed E-state index contributed by atoms with van der Waals surface area (Å²) in [6.45, 7) is 3.05. The van der Waals surface area contributed by atoms with Crippen molar-refractivity contribution in [3.63, 3.8) is 0 Å². The van der Waals surface area contributed by atoms with Gasteiger partial charge in [0.1, 0.15) is 11.7 Å². The smallest absolute Gasteiger partial charge is 0.252 e. The van der Waals surface area contributed by atoms with Crippen LogP contribution in [0.25, 0.3) is 0 Å². The van der Waals surface area contributed by atoms with E-state index in [1.165, 1.54) is 0 Å². The van der Waals surface area contributed by atoms with Gasteiger partial charge in [-0.3, -0.25) is 14.4 Å². The zero-order valence-corrected chi connectivity index (χ0v) is 21.2. The SMILES string of the molecule is O=C(NC(C(=O)N1CCC(n2cc(CN3CCOCCC3=O)nn2)CC1)c1ccccc1)c1ccccc1. The van der Waals surface area contributed by atoms with Crippen LogP contribution in [-0.2, 0) is 20.9 Å². The van der Waals surface area contributed by atoms with Gasteiger partial charge >= 0.3 is 0 Å². The molecule has 0 saturated carbocycles. The van der Waals surface area contributed by atoms with Crippen molar-refractivity contribution in [3.8, 4) is 0 Å². The van der Waals surface area contributed by atoms with Crippen molar-refractivity contribution < 1.29 is 19.1 Å². The van der Waals surface area contributed by atoms with Crippen molar-refractivity contribution in [1.82, 2.24) is 30.1 Å². The third kappa shape index (κ3) is 6.08. The summed E-state index contributed by atoms with van der Waals surface area (Å²) in [7, 11) is 0. The molecule has 0 radical (unpaired) electrons. The van der Waals surface area contributed by atoms with Crippen LogP contribution < -0.4 is 5.32 Å². The van der Waals surface area contributed by atoms with Gasteiger partial charge in [-0.05, 0) is 30.5 Å². The Morgan fingerprint density at radius 1 is 0.974 bits per heavy atom. The summed E-state index contributed by atoms with van der Waals surface area (Å²) in [4.78, 5) is 42.4. The number of nitrogens with one attached hydrogen (secondary N) is 1. The molecule has 5 rings (SSSR count). The van der Waals surface area contributed by atoms with Gasteiger partial charge in [-0.25, -0.2) is 4.68 Å². The van der Waals surface area contributed by atoms with Gasteiger partial charge in [-0.1, -0.05) is 53.7 Å². The fourth-order valence-corrected chi connectivity index (χ4v) is 4.92. The Balaban J connectivity index is 1.21. The summed E-state index contributed by atoms with van der Waals surface area (Å²) < 4.78 is 7.24. The van der Waals surface area contributed by atoms with Gasteiger partial charge < -0.3 is 19.9 Å². The van der Waals surface area contributed by atoms with E-state index in [1.807, 2.05) is 52.2 Å². The molecule has 3 heterocycles. The molecular weight excluding hydrogens is 484 g/mol. The number of carbonyl (C=O) groups is 3. The molecule has 1 N–H and O–H groups in total. The average molecular weight is 517 g/mol. The largest absolute Gasteiger partial charge is 0.379 e. The molecule has 0 bridgehead atoms. The van der Waals surface area contributed by atoms with Gasteiger partial charge in [-0.15, -0.1) is 5.10 Å². The summed E-state index contributed by atoms with van der Waals surface area (Å²) >= 11 is 0. The number of benzene rings is 2. The molecule has 2 fully saturated rings. The highest BCUT2D eigenvalue weighted by atomic mass is 16.5. The van der Waals surface area contributed by atoms with Crippen LogP contribution in [0.1, 0.15) is 53.0 Å². The molecule has 10 heteroatoms. The molecule has 2 aliphatic rings. The van der Waals surface area contributed by atoms with E-state index < -0.39 is 6.04 Å². The molecule has 2 saturated heterocycles. The van der Waals surface area contributed by atoms with Crippen LogP contribution in [0.3, 0.4) is 0 Å². The van der Waals surface area contributed by atoms with Crippen molar-refractivity contribution in [3.05, 3.63) is 83.7 Å². The maximum Gasteiger partial charge on any atom is 0.252 e. The van der Waals surface area contributed by atoms with Crippen molar-refractivity contribution in [2.75, 3.05) is 32.8 Å². The summed E-state index contributed by atoms with van der Waals surface area (Å²) in [5.41, 5.74) is 2.00. The van der Waals surface area contributed by atoms with Gasteiger partial charge in [-0.2, -0.15) is 0 Å². The fraction of sp³-hybridized carbons (Fsp3) is 0.393. The maximum atomic E-state index is 13.6. The Kier molecular flexibility index (Phi) is 8.08. The molecule has 1 unspecified atom stereocenters. The number of ether oxygens (including phenoxy) is 1. The van der Waals surface area contributed by atoms with Gasteiger partial charge in [0.05, 0.1) is 38.4 Å². The zero-order valence-electron chi connectivity index (χ0n) is 21.2. The minimum Gasteiger partial charge on any atom is -0.379 e. The van der Waals surface area contributed by atoms with Crippen molar-refractivity contribution in [1.29, 1.82) is 0 Å². The number of amides is 3. The second-order valence-electron chi connectivity index (χ2n) is 9.61. The molecule has 2 aliphatic heterocycles. The molecule has 1 atom stereocenters. The first-order valence-electron chi connectivity index (χ1n) is 13.0. The summed E-state index contributed by atoms with van der Waals surface area (Å²) in [6.07, 6.45) is 3.72. The highest BCUT2D eigenvalue weighted by Crippen LogP contribution is 2.25. The van der Waals surface area contributed by atoms with Gasteiger partial charge in [0.2, 0.25) is 11.8 Å². The molecular formula is C28H32N6O4. The number of piperidine rings is 1. The van der Waals surface area contributed by atoms with E-state index in [4.69, 9.17) is 4.74 Å². The molecule has 1 aromatic heterocycles. The van der Waals surface area contributed by atoms with Crippen LogP contribution in [-0.4, -0.2) is 75.4 Å². The number of rotatable bonds is 7. The third-order valence-corrected chi connectivity index (χ3v) is 7.07. The Bertz CT molecular complexity index is 1240. The second-order valence-corrected chi connectivity index (χ2v) is 9.61. The lowest BCUT2D eigenvalue weighted by Crippen LogP contribution is -2.46. The lowest BCUT2D eigenvalue weighted by atomic mass is 10.0. The molecule has 10 nitrogen and oxygen atoms in total. The number of likely N-dealkylation sites (tertiary alicyclic amines) is 1. The van der Waals surface area contributed by atoms with Gasteiger partial charge in [0.25, 0.3) is 5.91 Å². The first-order valence-corrected chi connectivity index (χ1v) is 13.0. The van der Waals surface area contributed by atoms with Crippen LogP contribution in [0.5, 0.6) is 0 Å². The topological polar surface area (TPSA) is 110 Å². The van der Waals surface area contributed by atoms with E-state index >= 15 is 0 Å². The molecule has 3 aromatic rings. The van der Waals surface area contributed by atoms with Crippen LogP contribution >= 0.6 is 0 Å². The highest BCUT2D eigenvalue weighted by Gasteiger charge is 2.31. The summed E-state index contributed by atoms with van der Waals surface area (Å²) in [6, 6.07) is 17.6. The fourth-order valence-electron chi connectivity index (χ4n) is 4.92. The van der Waals surface area contributed by atoms with Crippen molar-refractivity contribution in [2.24, 2.45) is 0 Å². The lowest BCUT2D eigenvalue weighted by Gasteiger charge is -2.34. The average Bonchev–Trinajstić information content (AvgIpc) is 3.34. The van der Waals surface area contributed by atoms with Crippen molar-refractivity contribution in [2.45, 2.75) is 37.9 Å². The van der Waals surface area contributed by atoms with Gasteiger partial charge in [0, 0.05) is 25.2 Å². The molecule has 2 aromatic carbocycles. The number of hydrogen-bond acceptors (Lipinski definition) is 6. The molecule has 0 aliphatic carbocycles. The minimum atomic E-state index is -0.770. The molecule has 38 heavy (non-hydrogen) atoms. The molecule has 3 amide bonds. The number of nitrogens with zero attached hydrogens (tertiary/aromatic N) is 5. The van der Waals surface area contributed by atoms with E-state index in [2.05, 4.69) is 15.6 Å². The Morgan fingerprint density at radius 2 is 1.68 bits per heavy atom. The maximum absolute atomic E-state index is 13.6. The Morgan fingerprint density at radius 3 is 2.42 bits per heavy atom. The van der Waals surface area contributed by atoms with Crippen LogP contribution in [0.2, 0.25) is 0 Å². The van der Waals surface area contributed by atoms with Crippen LogP contribution in [0.4, 0.5) is 0 Å². The number of carbonyl (C=O) groups excluding carboxylic acids is 3. The first-order chi connectivity index (χ1) is 18.6. The first kappa shape index (κ1) is 25.6. The third-order valence-electron chi connectivity index (χ3n) is 7.07. The van der Waals surface area contributed by atoms with Crippen LogP contribution in [0, 0.1) is 0 Å². The van der Waals surface area contributed by atoms with E-state index in [0.29, 0.717) is 51.4 Å². The highest BCUT2D eigenvalue weighted by molar-refractivity contribution is 5.97. The quantitative estimate of drug-likeness (QED) is 0.516. The monoisotopic (exact) mass is 516 g/mol. The lowest BCUT2D eigenvalue weighted by molar-refractivity contribution is -0.134. The number of aromatic nitrogens is 3. The Hall–Kier alpha value is -4.05. The summed E-state index contributed by atoms with van der Waals surface area (Å²) in [5, 5.41) is 11.5. The van der Waals surface area contributed by atoms with E-state index in [9.17, 15) is 14.4 Å². The van der Waals surface area contributed by atoms with E-state index in [1.54, 1.807) is 29.2 Å². The second kappa shape index (κ2) is 12.0. The Labute approximate surface area is 221 Å².